The first-order chi connectivity index (χ1) is 6.42. The quantitative estimate of drug-likeness (QED) is 0.684. The van der Waals surface area contributed by atoms with E-state index in [0.29, 0.717) is 0 Å². The van der Waals surface area contributed by atoms with E-state index in [-0.39, 0.29) is 0 Å². The van der Waals surface area contributed by atoms with Gasteiger partial charge in [-0.3, -0.25) is 4.98 Å². The summed E-state index contributed by atoms with van der Waals surface area (Å²) in [6, 6.07) is 1.88. The molecule has 0 aromatic carbocycles. The zero-order chi connectivity index (χ0) is 9.10. The van der Waals surface area contributed by atoms with Crippen LogP contribution in [0.15, 0.2) is 12.3 Å². The molecule has 2 heterocycles. The van der Waals surface area contributed by atoms with E-state index in [1.165, 1.54) is 12.8 Å². The summed E-state index contributed by atoms with van der Waals surface area (Å²) >= 11 is 0. The van der Waals surface area contributed by atoms with Gasteiger partial charge in [-0.05, 0) is 12.8 Å². The molecule has 13 heavy (non-hydrogen) atoms. The van der Waals surface area contributed by atoms with E-state index in [1.54, 1.807) is 13.3 Å². The van der Waals surface area contributed by atoms with Gasteiger partial charge in [0.2, 0.25) is 0 Å². The number of hydrogen-bond donors (Lipinski definition) is 0. The molecule has 1 aromatic heterocycles. The van der Waals surface area contributed by atoms with Gasteiger partial charge < -0.3 is 9.64 Å². The molecule has 0 atom stereocenters. The van der Waals surface area contributed by atoms with E-state index < -0.39 is 0 Å². The fraction of sp³-hybridized carbons (Fsp3) is 0.500. The first kappa shape index (κ1) is 8.35. The summed E-state index contributed by atoms with van der Waals surface area (Å²) in [5.74, 6) is 0.872. The number of rotatable bonds is 2. The van der Waals surface area contributed by atoms with Crippen molar-refractivity contribution in [2.75, 3.05) is 25.1 Å². The Labute approximate surface area is 78.3 Å². The van der Waals surface area contributed by atoms with Crippen LogP contribution in [0, 0.1) is 6.20 Å². The molecular formula is C10H13N2O. The lowest BCUT2D eigenvalue weighted by Crippen LogP contribution is -2.18. The highest BCUT2D eigenvalue weighted by atomic mass is 16.5. The van der Waals surface area contributed by atoms with Crippen LogP contribution in [0.4, 0.5) is 5.69 Å². The highest BCUT2D eigenvalue weighted by molar-refractivity contribution is 5.56. The summed E-state index contributed by atoms with van der Waals surface area (Å²) in [5.41, 5.74) is 1.00. The highest BCUT2D eigenvalue weighted by Crippen LogP contribution is 2.28. The number of anilines is 1. The van der Waals surface area contributed by atoms with Gasteiger partial charge in [0.25, 0.3) is 0 Å². The van der Waals surface area contributed by atoms with Gasteiger partial charge in [0.1, 0.15) is 17.6 Å². The van der Waals surface area contributed by atoms with Gasteiger partial charge in [0.15, 0.2) is 0 Å². The van der Waals surface area contributed by atoms with Crippen LogP contribution in [0.2, 0.25) is 0 Å². The molecule has 69 valence electrons. The number of hydrogen-bond acceptors (Lipinski definition) is 3. The van der Waals surface area contributed by atoms with Crippen LogP contribution >= 0.6 is 0 Å². The Kier molecular flexibility index (Phi) is 2.34. The predicted molar refractivity (Wildman–Crippen MR) is 51.1 cm³/mol. The summed E-state index contributed by atoms with van der Waals surface area (Å²) in [6.45, 7) is 2.19. The molecule has 0 saturated carbocycles. The second kappa shape index (κ2) is 3.64. The van der Waals surface area contributed by atoms with Crippen molar-refractivity contribution in [3.63, 3.8) is 0 Å². The third kappa shape index (κ3) is 1.59. The number of ether oxygens (including phenoxy) is 1. The van der Waals surface area contributed by atoms with E-state index in [0.717, 1.165) is 24.5 Å². The molecule has 2 rings (SSSR count). The first-order valence-electron chi connectivity index (χ1n) is 4.57. The van der Waals surface area contributed by atoms with Gasteiger partial charge in [0, 0.05) is 25.4 Å². The summed E-state index contributed by atoms with van der Waals surface area (Å²) < 4.78 is 5.24. The fourth-order valence-corrected chi connectivity index (χ4v) is 1.67. The zero-order valence-electron chi connectivity index (χ0n) is 7.79. The molecule has 0 spiro atoms. The smallest absolute Gasteiger partial charge is 0.146 e. The molecule has 3 nitrogen and oxygen atoms in total. The van der Waals surface area contributed by atoms with Crippen molar-refractivity contribution >= 4 is 5.69 Å². The summed E-state index contributed by atoms with van der Waals surface area (Å²) in [4.78, 5) is 6.26. The molecule has 0 N–H and O–H groups in total. The minimum Gasteiger partial charge on any atom is -0.494 e. The van der Waals surface area contributed by atoms with E-state index >= 15 is 0 Å². The van der Waals surface area contributed by atoms with E-state index in [1.807, 2.05) is 6.07 Å². The Bertz CT molecular complexity index is 282. The van der Waals surface area contributed by atoms with Gasteiger partial charge >= 0.3 is 0 Å². The molecular weight excluding hydrogens is 164 g/mol. The van der Waals surface area contributed by atoms with Crippen LogP contribution in [-0.4, -0.2) is 25.2 Å². The maximum Gasteiger partial charge on any atom is 0.146 e. The van der Waals surface area contributed by atoms with Crippen molar-refractivity contribution in [1.82, 2.24) is 4.98 Å². The maximum absolute atomic E-state index is 5.24. The van der Waals surface area contributed by atoms with Crippen molar-refractivity contribution in [2.24, 2.45) is 0 Å². The molecule has 1 fully saturated rings. The van der Waals surface area contributed by atoms with Crippen LogP contribution in [-0.2, 0) is 0 Å². The molecule has 0 bridgehead atoms. The molecule has 0 unspecified atom stereocenters. The molecule has 1 saturated heterocycles. The number of methoxy groups -OCH3 is 1. The van der Waals surface area contributed by atoms with Crippen molar-refractivity contribution < 1.29 is 4.74 Å². The SMILES string of the molecule is COc1ccn[c]c1N1CCCC1. The molecule has 0 amide bonds. The summed E-state index contributed by atoms with van der Waals surface area (Å²) in [7, 11) is 1.68. The molecule has 1 aromatic rings. The molecule has 1 aliphatic heterocycles. The Morgan fingerprint density at radius 1 is 1.46 bits per heavy atom. The predicted octanol–water partition coefficient (Wildman–Crippen LogP) is 1.49. The van der Waals surface area contributed by atoms with Crippen LogP contribution in [0.25, 0.3) is 0 Å². The normalized spacial score (nSPS) is 16.2. The zero-order valence-corrected chi connectivity index (χ0v) is 7.79. The lowest BCUT2D eigenvalue weighted by Gasteiger charge is -2.18. The molecule has 1 aliphatic rings. The van der Waals surface area contributed by atoms with Gasteiger partial charge in [-0.1, -0.05) is 0 Å². The highest BCUT2D eigenvalue weighted by Gasteiger charge is 2.16. The topological polar surface area (TPSA) is 25.4 Å². The van der Waals surface area contributed by atoms with E-state index in [2.05, 4.69) is 16.1 Å². The maximum atomic E-state index is 5.24. The lowest BCUT2D eigenvalue weighted by atomic mass is 10.3. The van der Waals surface area contributed by atoms with Crippen molar-refractivity contribution in [1.29, 1.82) is 0 Å². The first-order valence-corrected chi connectivity index (χ1v) is 4.57. The van der Waals surface area contributed by atoms with Crippen molar-refractivity contribution in [2.45, 2.75) is 12.8 Å². The average molecular weight is 177 g/mol. The van der Waals surface area contributed by atoms with E-state index in [9.17, 15) is 0 Å². The Hall–Kier alpha value is -1.25. The van der Waals surface area contributed by atoms with E-state index in [4.69, 9.17) is 4.74 Å². The summed E-state index contributed by atoms with van der Waals surface area (Å²) in [5, 5.41) is 0. The van der Waals surface area contributed by atoms with Crippen LogP contribution in [0.5, 0.6) is 5.75 Å². The molecule has 0 aliphatic carbocycles. The fourth-order valence-electron chi connectivity index (χ4n) is 1.67. The number of aromatic nitrogens is 1. The van der Waals surface area contributed by atoms with Crippen molar-refractivity contribution in [3.05, 3.63) is 18.5 Å². The van der Waals surface area contributed by atoms with Gasteiger partial charge in [-0.15, -0.1) is 0 Å². The second-order valence-corrected chi connectivity index (χ2v) is 3.17. The largest absolute Gasteiger partial charge is 0.494 e. The van der Waals surface area contributed by atoms with Crippen molar-refractivity contribution in [3.8, 4) is 5.75 Å². The van der Waals surface area contributed by atoms with Gasteiger partial charge in [-0.25, -0.2) is 0 Å². The average Bonchev–Trinajstić information content (AvgIpc) is 2.70. The van der Waals surface area contributed by atoms with Crippen LogP contribution < -0.4 is 9.64 Å². The van der Waals surface area contributed by atoms with Gasteiger partial charge in [-0.2, -0.15) is 0 Å². The standard InChI is InChI=1S/C10H13N2O/c1-13-10-4-5-11-8-9(10)12-6-2-3-7-12/h4-5H,2-3,6-7H2,1H3. The Balaban J connectivity index is 2.26. The minimum absolute atomic E-state index is 0.872. The lowest BCUT2D eigenvalue weighted by molar-refractivity contribution is 0.414. The Morgan fingerprint density at radius 2 is 2.23 bits per heavy atom. The van der Waals surface area contributed by atoms with Crippen LogP contribution in [0.3, 0.4) is 0 Å². The third-order valence-electron chi connectivity index (χ3n) is 2.35. The number of pyridine rings is 1. The molecule has 3 heteroatoms. The third-order valence-corrected chi connectivity index (χ3v) is 2.35. The monoisotopic (exact) mass is 177 g/mol. The van der Waals surface area contributed by atoms with Crippen LogP contribution in [0.1, 0.15) is 12.8 Å². The Morgan fingerprint density at radius 3 is 2.92 bits per heavy atom. The molecule has 1 radical (unpaired) electrons. The number of nitrogens with zero attached hydrogens (tertiary/aromatic N) is 2. The van der Waals surface area contributed by atoms with Gasteiger partial charge in [0.05, 0.1) is 7.11 Å². The second-order valence-electron chi connectivity index (χ2n) is 3.17. The minimum atomic E-state index is 0.872. The summed E-state index contributed by atoms with van der Waals surface area (Å²) in [6.07, 6.45) is 7.20.